The summed E-state index contributed by atoms with van der Waals surface area (Å²) in [6.45, 7) is 2.62. The van der Waals surface area contributed by atoms with Gasteiger partial charge in [0.1, 0.15) is 11.4 Å². The van der Waals surface area contributed by atoms with Crippen LogP contribution in [0.5, 0.6) is 0 Å². The first-order valence-corrected chi connectivity index (χ1v) is 5.84. The van der Waals surface area contributed by atoms with E-state index in [1.807, 2.05) is 6.07 Å². The molecular formula is C12H13N3S. The second-order valence-corrected chi connectivity index (χ2v) is 4.53. The minimum absolute atomic E-state index is 0.549. The molecule has 0 aliphatic heterocycles. The largest absolute Gasteiger partial charge is 0.326 e. The summed E-state index contributed by atoms with van der Waals surface area (Å²) in [6, 6.07) is 8.17. The van der Waals surface area contributed by atoms with Gasteiger partial charge in [-0.2, -0.15) is 0 Å². The zero-order valence-electron chi connectivity index (χ0n) is 9.05. The molecule has 3 nitrogen and oxygen atoms in total. The molecule has 2 rings (SSSR count). The molecule has 0 saturated heterocycles. The Balaban J connectivity index is 2.30. The zero-order valence-corrected chi connectivity index (χ0v) is 9.87. The van der Waals surface area contributed by atoms with E-state index in [9.17, 15) is 0 Å². The number of benzene rings is 1. The van der Waals surface area contributed by atoms with Crippen molar-refractivity contribution in [1.29, 1.82) is 0 Å². The maximum atomic E-state index is 5.71. The number of hydrogen-bond donors (Lipinski definition) is 1. The molecule has 0 bridgehead atoms. The van der Waals surface area contributed by atoms with Gasteiger partial charge in [0.15, 0.2) is 0 Å². The predicted molar refractivity (Wildman–Crippen MR) is 65.2 cm³/mol. The molecule has 1 aromatic heterocycles. The maximum Gasteiger partial charge on any atom is 0.116 e. The molecule has 0 amide bonds. The standard InChI is InChI=1S/C12H13N3S/c1-9-2-3-10(7-13)11(6-9)16-12-4-5-14-8-15-12/h2-6,8H,7,13H2,1H3. The van der Waals surface area contributed by atoms with Crippen molar-refractivity contribution in [3.05, 3.63) is 47.9 Å². The summed E-state index contributed by atoms with van der Waals surface area (Å²) in [7, 11) is 0. The Labute approximate surface area is 99.1 Å². The summed E-state index contributed by atoms with van der Waals surface area (Å²) in [4.78, 5) is 9.26. The monoisotopic (exact) mass is 231 g/mol. The van der Waals surface area contributed by atoms with Crippen LogP contribution in [0.1, 0.15) is 11.1 Å². The van der Waals surface area contributed by atoms with Gasteiger partial charge in [-0.05, 0) is 30.2 Å². The molecule has 0 aliphatic carbocycles. The van der Waals surface area contributed by atoms with Gasteiger partial charge >= 0.3 is 0 Å². The van der Waals surface area contributed by atoms with E-state index < -0.39 is 0 Å². The van der Waals surface area contributed by atoms with Crippen LogP contribution in [0.15, 0.2) is 46.7 Å². The average Bonchev–Trinajstić information content (AvgIpc) is 2.31. The van der Waals surface area contributed by atoms with Crippen LogP contribution in [0.3, 0.4) is 0 Å². The maximum absolute atomic E-state index is 5.71. The molecule has 0 spiro atoms. The molecule has 2 N–H and O–H groups in total. The van der Waals surface area contributed by atoms with Crippen LogP contribution >= 0.6 is 11.8 Å². The topological polar surface area (TPSA) is 51.8 Å². The summed E-state index contributed by atoms with van der Waals surface area (Å²) >= 11 is 1.62. The number of aryl methyl sites for hydroxylation is 1. The minimum atomic E-state index is 0.549. The summed E-state index contributed by atoms with van der Waals surface area (Å²) in [5.41, 5.74) is 8.09. The molecule has 0 saturated carbocycles. The molecule has 16 heavy (non-hydrogen) atoms. The smallest absolute Gasteiger partial charge is 0.116 e. The van der Waals surface area contributed by atoms with E-state index in [1.165, 1.54) is 10.5 Å². The van der Waals surface area contributed by atoms with Gasteiger partial charge in [0.2, 0.25) is 0 Å². The molecule has 2 aromatic rings. The van der Waals surface area contributed by atoms with E-state index >= 15 is 0 Å². The van der Waals surface area contributed by atoms with Crippen LogP contribution in [0.25, 0.3) is 0 Å². The third-order valence-electron chi connectivity index (χ3n) is 2.21. The normalized spacial score (nSPS) is 10.4. The number of hydrogen-bond acceptors (Lipinski definition) is 4. The molecule has 0 aliphatic rings. The molecular weight excluding hydrogens is 218 g/mol. The van der Waals surface area contributed by atoms with Crippen molar-refractivity contribution < 1.29 is 0 Å². The minimum Gasteiger partial charge on any atom is -0.326 e. The number of aromatic nitrogens is 2. The molecule has 82 valence electrons. The second-order valence-electron chi connectivity index (χ2n) is 3.46. The van der Waals surface area contributed by atoms with Crippen LogP contribution in [0.2, 0.25) is 0 Å². The third kappa shape index (κ3) is 2.59. The number of rotatable bonds is 3. The van der Waals surface area contributed by atoms with E-state index in [0.29, 0.717) is 6.54 Å². The van der Waals surface area contributed by atoms with Gasteiger partial charge in [0.25, 0.3) is 0 Å². The van der Waals surface area contributed by atoms with Gasteiger partial charge in [-0.3, -0.25) is 0 Å². The van der Waals surface area contributed by atoms with Crippen LogP contribution in [-0.2, 0) is 6.54 Å². The highest BCUT2D eigenvalue weighted by Crippen LogP contribution is 2.29. The van der Waals surface area contributed by atoms with Gasteiger partial charge in [-0.25, -0.2) is 9.97 Å². The van der Waals surface area contributed by atoms with E-state index in [-0.39, 0.29) is 0 Å². The quantitative estimate of drug-likeness (QED) is 0.824. The lowest BCUT2D eigenvalue weighted by Gasteiger charge is -2.07. The van der Waals surface area contributed by atoms with Crippen molar-refractivity contribution in [2.24, 2.45) is 5.73 Å². The first-order valence-electron chi connectivity index (χ1n) is 5.03. The summed E-state index contributed by atoms with van der Waals surface area (Å²) in [6.07, 6.45) is 3.30. The van der Waals surface area contributed by atoms with Crippen molar-refractivity contribution >= 4 is 11.8 Å². The fraction of sp³-hybridized carbons (Fsp3) is 0.167. The Hall–Kier alpha value is -1.39. The average molecular weight is 231 g/mol. The summed E-state index contributed by atoms with van der Waals surface area (Å²) < 4.78 is 0. The van der Waals surface area contributed by atoms with Crippen molar-refractivity contribution in [3.63, 3.8) is 0 Å². The first kappa shape index (κ1) is 11.1. The highest BCUT2D eigenvalue weighted by Gasteiger charge is 2.04. The highest BCUT2D eigenvalue weighted by molar-refractivity contribution is 7.99. The number of nitrogens with two attached hydrogens (primary N) is 1. The van der Waals surface area contributed by atoms with E-state index in [1.54, 1.807) is 24.3 Å². The Kier molecular flexibility index (Phi) is 3.54. The Morgan fingerprint density at radius 1 is 1.31 bits per heavy atom. The van der Waals surface area contributed by atoms with Crippen molar-refractivity contribution in [3.8, 4) is 0 Å². The van der Waals surface area contributed by atoms with Crippen molar-refractivity contribution in [1.82, 2.24) is 9.97 Å². The Bertz CT molecular complexity index is 471. The van der Waals surface area contributed by atoms with Crippen LogP contribution in [0, 0.1) is 6.92 Å². The Morgan fingerprint density at radius 2 is 2.19 bits per heavy atom. The molecule has 0 radical (unpaired) electrons. The second kappa shape index (κ2) is 5.09. The van der Waals surface area contributed by atoms with Crippen LogP contribution in [-0.4, -0.2) is 9.97 Å². The fourth-order valence-electron chi connectivity index (χ4n) is 1.38. The molecule has 1 aromatic carbocycles. The van der Waals surface area contributed by atoms with Crippen molar-refractivity contribution in [2.45, 2.75) is 23.4 Å². The van der Waals surface area contributed by atoms with Gasteiger partial charge in [-0.1, -0.05) is 23.9 Å². The Morgan fingerprint density at radius 3 is 2.88 bits per heavy atom. The molecule has 1 heterocycles. The van der Waals surface area contributed by atoms with Gasteiger partial charge in [0.05, 0.1) is 0 Å². The van der Waals surface area contributed by atoms with Gasteiger partial charge < -0.3 is 5.73 Å². The van der Waals surface area contributed by atoms with Crippen molar-refractivity contribution in [2.75, 3.05) is 0 Å². The SMILES string of the molecule is Cc1ccc(CN)c(Sc2ccncn2)c1. The predicted octanol–water partition coefficient (Wildman–Crippen LogP) is 2.39. The van der Waals surface area contributed by atoms with Crippen LogP contribution < -0.4 is 5.73 Å². The third-order valence-corrected chi connectivity index (χ3v) is 3.26. The summed E-state index contributed by atoms with van der Waals surface area (Å²) in [5, 5.41) is 0.940. The van der Waals surface area contributed by atoms with E-state index in [0.717, 1.165) is 10.6 Å². The zero-order chi connectivity index (χ0) is 11.4. The van der Waals surface area contributed by atoms with Crippen LogP contribution in [0.4, 0.5) is 0 Å². The first-order chi connectivity index (χ1) is 7.79. The lowest BCUT2D eigenvalue weighted by molar-refractivity contribution is 1.01. The van der Waals surface area contributed by atoms with Gasteiger partial charge in [0, 0.05) is 17.6 Å². The lowest BCUT2D eigenvalue weighted by atomic mass is 10.1. The van der Waals surface area contributed by atoms with E-state index in [4.69, 9.17) is 5.73 Å². The molecule has 0 atom stereocenters. The molecule has 0 unspecified atom stereocenters. The molecule has 0 fully saturated rings. The number of nitrogens with zero attached hydrogens (tertiary/aromatic N) is 2. The van der Waals surface area contributed by atoms with Gasteiger partial charge in [-0.15, -0.1) is 0 Å². The van der Waals surface area contributed by atoms with E-state index in [2.05, 4.69) is 35.1 Å². The highest BCUT2D eigenvalue weighted by atomic mass is 32.2. The fourth-order valence-corrected chi connectivity index (χ4v) is 2.36. The molecule has 4 heteroatoms. The summed E-state index contributed by atoms with van der Waals surface area (Å²) in [5.74, 6) is 0. The lowest BCUT2D eigenvalue weighted by Crippen LogP contribution is -1.98.